The molecule has 1 unspecified atom stereocenters. The first-order chi connectivity index (χ1) is 13.8. The van der Waals surface area contributed by atoms with E-state index in [2.05, 4.69) is 10.3 Å². The van der Waals surface area contributed by atoms with Gasteiger partial charge < -0.3 is 15.0 Å². The Morgan fingerprint density at radius 2 is 1.76 bits per heavy atom. The fourth-order valence-corrected chi connectivity index (χ4v) is 2.72. The van der Waals surface area contributed by atoms with E-state index in [1.807, 2.05) is 45.0 Å². The van der Waals surface area contributed by atoms with Gasteiger partial charge in [-0.2, -0.15) is 0 Å². The molecule has 0 bridgehead atoms. The Hall–Kier alpha value is -3.41. The van der Waals surface area contributed by atoms with Gasteiger partial charge in [-0.25, -0.2) is 4.79 Å². The number of rotatable bonds is 4. The van der Waals surface area contributed by atoms with Crippen LogP contribution in [0.2, 0.25) is 0 Å². The normalized spacial score (nSPS) is 12.3. The van der Waals surface area contributed by atoms with Gasteiger partial charge in [0.2, 0.25) is 6.10 Å². The molecule has 1 N–H and O–H groups in total. The van der Waals surface area contributed by atoms with Gasteiger partial charge in [0.15, 0.2) is 0 Å². The van der Waals surface area contributed by atoms with Crippen LogP contribution in [0.1, 0.15) is 32.4 Å². The van der Waals surface area contributed by atoms with Gasteiger partial charge in [-0.3, -0.25) is 9.78 Å². The number of carbonyl (C=O) groups is 2. The Morgan fingerprint density at radius 3 is 2.45 bits per heavy atom. The number of nitrogens with one attached hydrogen (secondary N) is 1. The van der Waals surface area contributed by atoms with Crippen molar-refractivity contribution in [1.29, 1.82) is 0 Å². The van der Waals surface area contributed by atoms with Crippen molar-refractivity contribution in [3.63, 3.8) is 0 Å². The third-order valence-corrected chi connectivity index (χ3v) is 4.75. The first-order valence-corrected chi connectivity index (χ1v) is 9.40. The predicted octanol–water partition coefficient (Wildman–Crippen LogP) is 4.78. The zero-order valence-electron chi connectivity index (χ0n) is 17.0. The Balaban J connectivity index is 1.84. The zero-order valence-corrected chi connectivity index (χ0v) is 17.0. The molecule has 0 aliphatic carbocycles. The third-order valence-electron chi connectivity index (χ3n) is 4.75. The molecule has 6 nitrogen and oxygen atoms in total. The molecule has 2 aromatic carbocycles. The molecule has 0 fully saturated rings. The zero-order chi connectivity index (χ0) is 21.0. The van der Waals surface area contributed by atoms with Gasteiger partial charge in [0.1, 0.15) is 0 Å². The van der Waals surface area contributed by atoms with Gasteiger partial charge in [-0.1, -0.05) is 36.4 Å². The molecular weight excluding hydrogens is 366 g/mol. The van der Waals surface area contributed by atoms with E-state index < -0.39 is 23.6 Å². The van der Waals surface area contributed by atoms with E-state index in [1.165, 1.54) is 4.90 Å². The topological polar surface area (TPSA) is 71.5 Å². The lowest BCUT2D eigenvalue weighted by Crippen LogP contribution is -2.44. The molecule has 3 rings (SSSR count). The minimum absolute atomic E-state index is 0.416. The summed E-state index contributed by atoms with van der Waals surface area (Å²) in [6.45, 7) is 5.70. The van der Waals surface area contributed by atoms with Crippen LogP contribution in [-0.2, 0) is 9.53 Å². The van der Waals surface area contributed by atoms with E-state index in [-0.39, 0.29) is 0 Å². The van der Waals surface area contributed by atoms with Gasteiger partial charge in [-0.15, -0.1) is 0 Å². The lowest BCUT2D eigenvalue weighted by Gasteiger charge is -2.32. The van der Waals surface area contributed by atoms with Gasteiger partial charge in [0.05, 0.1) is 0 Å². The average Bonchev–Trinajstić information content (AvgIpc) is 2.71. The second-order valence-electron chi connectivity index (χ2n) is 7.83. The van der Waals surface area contributed by atoms with Gasteiger partial charge in [0, 0.05) is 41.6 Å². The SMILES string of the molecule is CN(C(=O)OC(C(=O)Nc1ccc2cnccc2c1)c1ccccc1)C(C)(C)C. The summed E-state index contributed by atoms with van der Waals surface area (Å²) in [5, 5.41) is 4.79. The van der Waals surface area contributed by atoms with Crippen molar-refractivity contribution < 1.29 is 14.3 Å². The number of anilines is 1. The Morgan fingerprint density at radius 1 is 1.03 bits per heavy atom. The van der Waals surface area contributed by atoms with E-state index in [9.17, 15) is 9.59 Å². The van der Waals surface area contributed by atoms with Crippen LogP contribution in [0.25, 0.3) is 10.8 Å². The molecule has 150 valence electrons. The van der Waals surface area contributed by atoms with Crippen LogP contribution >= 0.6 is 0 Å². The standard InChI is InChI=1S/C23H25N3O3/c1-23(2,3)26(4)22(28)29-20(16-8-6-5-7-9-16)21(27)25-19-11-10-18-15-24-13-12-17(18)14-19/h5-15,20H,1-4H3,(H,25,27). The number of aromatic nitrogens is 1. The lowest BCUT2D eigenvalue weighted by molar-refractivity contribution is -0.125. The number of hydrogen-bond donors (Lipinski definition) is 1. The lowest BCUT2D eigenvalue weighted by atomic mass is 10.1. The molecule has 2 amide bonds. The Bertz CT molecular complexity index is 1010. The minimum Gasteiger partial charge on any atom is -0.431 e. The Labute approximate surface area is 170 Å². The highest BCUT2D eigenvalue weighted by atomic mass is 16.6. The highest BCUT2D eigenvalue weighted by Crippen LogP contribution is 2.24. The van der Waals surface area contributed by atoms with Gasteiger partial charge in [-0.05, 0) is 44.4 Å². The van der Waals surface area contributed by atoms with Crippen molar-refractivity contribution in [2.45, 2.75) is 32.4 Å². The first-order valence-electron chi connectivity index (χ1n) is 9.40. The van der Waals surface area contributed by atoms with Crippen LogP contribution < -0.4 is 5.32 Å². The maximum Gasteiger partial charge on any atom is 0.411 e. The summed E-state index contributed by atoms with van der Waals surface area (Å²) in [4.78, 5) is 31.2. The van der Waals surface area contributed by atoms with Crippen molar-refractivity contribution in [3.8, 4) is 0 Å². The molecule has 0 radical (unpaired) electrons. The minimum atomic E-state index is -1.07. The summed E-state index contributed by atoms with van der Waals surface area (Å²) in [6, 6.07) is 16.4. The number of ether oxygens (including phenoxy) is 1. The van der Waals surface area contributed by atoms with Crippen molar-refractivity contribution in [1.82, 2.24) is 9.88 Å². The van der Waals surface area contributed by atoms with E-state index in [0.29, 0.717) is 11.3 Å². The quantitative estimate of drug-likeness (QED) is 0.695. The van der Waals surface area contributed by atoms with Crippen LogP contribution in [0.4, 0.5) is 10.5 Å². The van der Waals surface area contributed by atoms with E-state index in [4.69, 9.17) is 4.74 Å². The molecule has 1 heterocycles. The second-order valence-corrected chi connectivity index (χ2v) is 7.83. The molecule has 0 saturated heterocycles. The van der Waals surface area contributed by atoms with Crippen molar-refractivity contribution in [3.05, 3.63) is 72.6 Å². The van der Waals surface area contributed by atoms with Crippen LogP contribution in [0.3, 0.4) is 0 Å². The number of nitrogens with zero attached hydrogens (tertiary/aromatic N) is 2. The summed E-state index contributed by atoms with van der Waals surface area (Å²) in [7, 11) is 1.65. The number of benzene rings is 2. The number of fused-ring (bicyclic) bond motifs is 1. The number of carbonyl (C=O) groups excluding carboxylic acids is 2. The summed E-state index contributed by atoms with van der Waals surface area (Å²) >= 11 is 0. The molecule has 6 heteroatoms. The Kier molecular flexibility index (Phi) is 5.82. The summed E-state index contributed by atoms with van der Waals surface area (Å²) in [6.07, 6.45) is 1.83. The average molecular weight is 391 g/mol. The smallest absolute Gasteiger partial charge is 0.411 e. The highest BCUT2D eigenvalue weighted by Gasteiger charge is 2.30. The predicted molar refractivity (Wildman–Crippen MR) is 114 cm³/mol. The van der Waals surface area contributed by atoms with E-state index in [0.717, 1.165) is 10.8 Å². The van der Waals surface area contributed by atoms with Crippen LogP contribution in [0.5, 0.6) is 0 Å². The molecule has 1 aromatic heterocycles. The summed E-state index contributed by atoms with van der Waals surface area (Å²) in [5.74, 6) is -0.416. The number of amides is 2. The third kappa shape index (κ3) is 4.90. The molecule has 0 saturated carbocycles. The second kappa shape index (κ2) is 8.31. The van der Waals surface area contributed by atoms with Crippen molar-refractivity contribution in [2.24, 2.45) is 0 Å². The van der Waals surface area contributed by atoms with Crippen molar-refractivity contribution in [2.75, 3.05) is 12.4 Å². The fraction of sp³-hybridized carbons (Fsp3) is 0.261. The first kappa shape index (κ1) is 20.3. The summed E-state index contributed by atoms with van der Waals surface area (Å²) in [5.41, 5.74) is 0.793. The van der Waals surface area contributed by atoms with Crippen LogP contribution in [-0.4, -0.2) is 34.5 Å². The fourth-order valence-electron chi connectivity index (χ4n) is 2.72. The van der Waals surface area contributed by atoms with E-state index in [1.54, 1.807) is 49.8 Å². The molecule has 0 aliphatic rings. The van der Waals surface area contributed by atoms with Crippen LogP contribution in [0, 0.1) is 0 Å². The van der Waals surface area contributed by atoms with Crippen molar-refractivity contribution >= 4 is 28.5 Å². The van der Waals surface area contributed by atoms with Gasteiger partial charge >= 0.3 is 6.09 Å². The molecule has 1 atom stereocenters. The summed E-state index contributed by atoms with van der Waals surface area (Å²) < 4.78 is 5.61. The van der Waals surface area contributed by atoms with Gasteiger partial charge in [0.25, 0.3) is 5.91 Å². The van der Waals surface area contributed by atoms with Crippen LogP contribution in [0.15, 0.2) is 67.0 Å². The molecule has 3 aromatic rings. The molecular formula is C23H25N3O3. The number of pyridine rings is 1. The molecule has 0 aliphatic heterocycles. The van der Waals surface area contributed by atoms with E-state index >= 15 is 0 Å². The number of hydrogen-bond acceptors (Lipinski definition) is 4. The highest BCUT2D eigenvalue weighted by molar-refractivity contribution is 5.98. The monoisotopic (exact) mass is 391 g/mol. The largest absolute Gasteiger partial charge is 0.431 e. The maximum atomic E-state index is 13.0. The molecule has 0 spiro atoms. The maximum absolute atomic E-state index is 13.0. The molecule has 29 heavy (non-hydrogen) atoms.